The highest BCUT2D eigenvalue weighted by atomic mass is 19.1. The molecular formula is C18H18FN5O. The first-order valence-corrected chi connectivity index (χ1v) is 7.79. The average molecular weight is 339 g/mol. The van der Waals surface area contributed by atoms with E-state index in [0.29, 0.717) is 11.4 Å². The van der Waals surface area contributed by atoms with E-state index in [9.17, 15) is 9.18 Å². The number of aromatic nitrogens is 3. The topological polar surface area (TPSA) is 63.1 Å². The molecule has 2 amide bonds. The van der Waals surface area contributed by atoms with Crippen LogP contribution in [0.25, 0.3) is 5.69 Å². The fourth-order valence-corrected chi connectivity index (χ4v) is 2.39. The Kier molecular flexibility index (Phi) is 4.74. The third-order valence-electron chi connectivity index (χ3n) is 4.00. The number of anilines is 1. The van der Waals surface area contributed by atoms with Gasteiger partial charge in [-0.05, 0) is 30.7 Å². The summed E-state index contributed by atoms with van der Waals surface area (Å²) < 4.78 is 15.2. The van der Waals surface area contributed by atoms with Crippen molar-refractivity contribution >= 4 is 11.7 Å². The third-order valence-corrected chi connectivity index (χ3v) is 4.00. The smallest absolute Gasteiger partial charge is 0.321 e. The summed E-state index contributed by atoms with van der Waals surface area (Å²) in [5.74, 6) is -0.384. The Morgan fingerprint density at radius 2 is 2.04 bits per heavy atom. The van der Waals surface area contributed by atoms with E-state index in [0.717, 1.165) is 5.56 Å². The molecule has 7 heteroatoms. The van der Waals surface area contributed by atoms with Crippen LogP contribution < -0.4 is 5.32 Å². The maximum absolute atomic E-state index is 13.8. The van der Waals surface area contributed by atoms with E-state index in [1.54, 1.807) is 48.7 Å². The van der Waals surface area contributed by atoms with Gasteiger partial charge in [0.05, 0.1) is 24.1 Å². The molecule has 1 aromatic carbocycles. The van der Waals surface area contributed by atoms with Crippen LogP contribution in [0.1, 0.15) is 18.5 Å². The molecule has 3 aromatic rings. The number of pyridine rings is 1. The summed E-state index contributed by atoms with van der Waals surface area (Å²) in [6.07, 6.45) is 6.46. The van der Waals surface area contributed by atoms with Gasteiger partial charge in [0.15, 0.2) is 0 Å². The number of benzene rings is 1. The van der Waals surface area contributed by atoms with Gasteiger partial charge in [-0.2, -0.15) is 5.10 Å². The van der Waals surface area contributed by atoms with Crippen LogP contribution in [0.2, 0.25) is 0 Å². The monoisotopic (exact) mass is 339 g/mol. The molecule has 0 spiro atoms. The molecule has 0 saturated carbocycles. The molecular weight excluding hydrogens is 321 g/mol. The van der Waals surface area contributed by atoms with Gasteiger partial charge in [-0.25, -0.2) is 13.9 Å². The highest BCUT2D eigenvalue weighted by Crippen LogP contribution is 2.19. The second-order valence-electron chi connectivity index (χ2n) is 5.63. The molecule has 0 fully saturated rings. The van der Waals surface area contributed by atoms with E-state index in [-0.39, 0.29) is 17.9 Å². The van der Waals surface area contributed by atoms with Crippen molar-refractivity contribution in [3.8, 4) is 5.69 Å². The predicted octanol–water partition coefficient (Wildman–Crippen LogP) is 3.63. The lowest BCUT2D eigenvalue weighted by Gasteiger charge is -2.25. The molecule has 6 nitrogen and oxygen atoms in total. The van der Waals surface area contributed by atoms with Crippen LogP contribution >= 0.6 is 0 Å². The van der Waals surface area contributed by atoms with Crippen molar-refractivity contribution < 1.29 is 9.18 Å². The van der Waals surface area contributed by atoms with Gasteiger partial charge in [-0.1, -0.05) is 18.2 Å². The Morgan fingerprint density at radius 1 is 1.24 bits per heavy atom. The lowest BCUT2D eigenvalue weighted by Crippen LogP contribution is -2.33. The van der Waals surface area contributed by atoms with Gasteiger partial charge in [0.1, 0.15) is 11.5 Å². The minimum absolute atomic E-state index is 0.143. The van der Waals surface area contributed by atoms with Gasteiger partial charge >= 0.3 is 6.03 Å². The quantitative estimate of drug-likeness (QED) is 0.789. The zero-order valence-corrected chi connectivity index (χ0v) is 13.9. The van der Waals surface area contributed by atoms with Crippen molar-refractivity contribution in [1.29, 1.82) is 0 Å². The number of carbonyl (C=O) groups excluding carboxylic acids is 1. The van der Waals surface area contributed by atoms with E-state index >= 15 is 0 Å². The minimum atomic E-state index is -0.384. The van der Waals surface area contributed by atoms with Crippen molar-refractivity contribution in [2.45, 2.75) is 13.0 Å². The number of rotatable bonds is 4. The predicted molar refractivity (Wildman–Crippen MR) is 93.0 cm³/mol. The number of nitrogens with one attached hydrogen (secondary N) is 1. The van der Waals surface area contributed by atoms with E-state index < -0.39 is 0 Å². The zero-order chi connectivity index (χ0) is 17.8. The molecule has 128 valence electrons. The van der Waals surface area contributed by atoms with Gasteiger partial charge in [-0.3, -0.25) is 4.98 Å². The zero-order valence-electron chi connectivity index (χ0n) is 13.9. The molecule has 2 aromatic heterocycles. The fraction of sp³-hybridized carbons (Fsp3) is 0.167. The number of urea groups is 1. The van der Waals surface area contributed by atoms with E-state index in [4.69, 9.17) is 0 Å². The first-order valence-electron chi connectivity index (χ1n) is 7.79. The van der Waals surface area contributed by atoms with Gasteiger partial charge in [-0.15, -0.1) is 0 Å². The maximum atomic E-state index is 13.8. The first-order chi connectivity index (χ1) is 12.1. The van der Waals surface area contributed by atoms with Gasteiger partial charge in [0.25, 0.3) is 0 Å². The normalized spacial score (nSPS) is 11.8. The molecule has 0 saturated heterocycles. The number of halogens is 1. The number of para-hydroxylation sites is 1. The van der Waals surface area contributed by atoms with Gasteiger partial charge < -0.3 is 10.2 Å². The largest absolute Gasteiger partial charge is 0.322 e. The molecule has 0 aliphatic rings. The molecule has 0 aliphatic heterocycles. The first kappa shape index (κ1) is 16.6. The van der Waals surface area contributed by atoms with E-state index in [1.165, 1.54) is 16.9 Å². The summed E-state index contributed by atoms with van der Waals surface area (Å²) >= 11 is 0. The second kappa shape index (κ2) is 7.12. The second-order valence-corrected chi connectivity index (χ2v) is 5.63. The summed E-state index contributed by atoms with van der Waals surface area (Å²) in [6, 6.07) is 9.62. The molecule has 1 N–H and O–H groups in total. The molecule has 0 bridgehead atoms. The van der Waals surface area contributed by atoms with Crippen molar-refractivity contribution in [1.82, 2.24) is 19.7 Å². The van der Waals surface area contributed by atoms with Crippen LogP contribution in [0, 0.1) is 5.82 Å². The maximum Gasteiger partial charge on any atom is 0.322 e. The Bertz CT molecular complexity index is 865. The lowest BCUT2D eigenvalue weighted by molar-refractivity contribution is 0.208. The Balaban J connectivity index is 1.70. The van der Waals surface area contributed by atoms with Crippen LogP contribution in [0.15, 0.2) is 61.2 Å². The van der Waals surface area contributed by atoms with E-state index in [1.807, 2.05) is 19.1 Å². The fourth-order valence-electron chi connectivity index (χ4n) is 2.39. The molecule has 2 heterocycles. The van der Waals surface area contributed by atoms with Crippen LogP contribution in [0.5, 0.6) is 0 Å². The summed E-state index contributed by atoms with van der Waals surface area (Å²) in [6.45, 7) is 1.92. The van der Waals surface area contributed by atoms with Gasteiger partial charge in [0.2, 0.25) is 0 Å². The number of nitrogens with zero attached hydrogens (tertiary/aromatic N) is 4. The number of hydrogen-bond acceptors (Lipinski definition) is 3. The standard InChI is InChI=1S/C18H18FN5O/c1-13(14-6-5-9-20-10-14)23(2)18(25)22-15-11-21-24(12-15)17-8-4-3-7-16(17)19/h3-13H,1-2H3,(H,22,25)/t13-/m0/s1. The molecule has 1 atom stereocenters. The van der Waals surface area contributed by atoms with Crippen molar-refractivity contribution in [2.24, 2.45) is 0 Å². The summed E-state index contributed by atoms with van der Waals surface area (Å²) in [4.78, 5) is 18.1. The van der Waals surface area contributed by atoms with Crippen molar-refractivity contribution in [3.63, 3.8) is 0 Å². The van der Waals surface area contributed by atoms with Crippen LogP contribution in [0.4, 0.5) is 14.9 Å². The van der Waals surface area contributed by atoms with Crippen LogP contribution in [-0.4, -0.2) is 32.7 Å². The minimum Gasteiger partial charge on any atom is -0.321 e. The summed E-state index contributed by atoms with van der Waals surface area (Å²) in [7, 11) is 1.70. The Labute approximate surface area is 144 Å². The number of hydrogen-bond donors (Lipinski definition) is 1. The van der Waals surface area contributed by atoms with E-state index in [2.05, 4.69) is 15.4 Å². The van der Waals surface area contributed by atoms with Crippen LogP contribution in [0.3, 0.4) is 0 Å². The number of carbonyl (C=O) groups is 1. The lowest BCUT2D eigenvalue weighted by atomic mass is 10.1. The third kappa shape index (κ3) is 3.65. The molecule has 0 aliphatic carbocycles. The molecule has 25 heavy (non-hydrogen) atoms. The Morgan fingerprint density at radius 3 is 2.76 bits per heavy atom. The SMILES string of the molecule is C[C@@H](c1cccnc1)N(C)C(=O)Nc1cnn(-c2ccccc2F)c1. The van der Waals surface area contributed by atoms with Gasteiger partial charge in [0, 0.05) is 19.4 Å². The van der Waals surface area contributed by atoms with Crippen molar-refractivity contribution in [3.05, 3.63) is 72.6 Å². The molecule has 0 unspecified atom stereocenters. The van der Waals surface area contributed by atoms with Crippen LogP contribution in [-0.2, 0) is 0 Å². The average Bonchev–Trinajstić information content (AvgIpc) is 3.09. The Hall–Kier alpha value is -3.22. The summed E-state index contributed by atoms with van der Waals surface area (Å²) in [5, 5.41) is 6.86. The highest BCUT2D eigenvalue weighted by molar-refractivity contribution is 5.89. The van der Waals surface area contributed by atoms with Crippen molar-refractivity contribution in [2.75, 3.05) is 12.4 Å². The molecule has 3 rings (SSSR count). The molecule has 0 radical (unpaired) electrons. The summed E-state index contributed by atoms with van der Waals surface area (Å²) in [5.41, 5.74) is 1.74. The number of amides is 2. The highest BCUT2D eigenvalue weighted by Gasteiger charge is 2.18.